The molecule has 1 N–H and O–H groups in total. The van der Waals surface area contributed by atoms with Gasteiger partial charge in [0.2, 0.25) is 0 Å². The number of amides is 1. The van der Waals surface area contributed by atoms with E-state index in [4.69, 9.17) is 9.47 Å². The van der Waals surface area contributed by atoms with Crippen molar-refractivity contribution in [2.75, 3.05) is 19.0 Å². The first-order chi connectivity index (χ1) is 10.2. The van der Waals surface area contributed by atoms with Crippen molar-refractivity contribution in [3.8, 4) is 5.75 Å². The highest BCUT2D eigenvalue weighted by Gasteiger charge is 2.17. The van der Waals surface area contributed by atoms with Crippen LogP contribution in [0.4, 0.5) is 10.1 Å². The van der Waals surface area contributed by atoms with E-state index in [1.807, 2.05) is 4.57 Å². The molecule has 1 aromatic carbocycles. The molecule has 0 radical (unpaired) electrons. The molecule has 0 atom stereocenters. The molecule has 0 saturated heterocycles. The molecule has 6 nitrogen and oxygen atoms in total. The summed E-state index contributed by atoms with van der Waals surface area (Å²) in [6.07, 6.45) is 1.67. The average molecular weight is 291 g/mol. The number of rotatable bonds is 3. The normalized spacial score (nSPS) is 13.6. The van der Waals surface area contributed by atoms with E-state index in [2.05, 4.69) is 10.3 Å². The Hall–Kier alpha value is -2.41. The van der Waals surface area contributed by atoms with E-state index in [0.29, 0.717) is 31.3 Å². The van der Waals surface area contributed by atoms with Crippen LogP contribution < -0.4 is 10.1 Å². The summed E-state index contributed by atoms with van der Waals surface area (Å²) in [7, 11) is 1.38. The molecule has 0 fully saturated rings. The van der Waals surface area contributed by atoms with Crippen molar-refractivity contribution in [2.24, 2.45) is 0 Å². The van der Waals surface area contributed by atoms with E-state index in [0.717, 1.165) is 0 Å². The van der Waals surface area contributed by atoms with Crippen molar-refractivity contribution in [2.45, 2.75) is 13.2 Å². The Labute approximate surface area is 120 Å². The fourth-order valence-electron chi connectivity index (χ4n) is 2.14. The third kappa shape index (κ3) is 2.73. The molecular formula is C14H14FN3O3. The SMILES string of the molecule is COc1ccc(NC(=O)c2cn3c(n2)COCC3)cc1F. The predicted octanol–water partition coefficient (Wildman–Crippen LogP) is 1.81. The Morgan fingerprint density at radius 1 is 1.52 bits per heavy atom. The number of anilines is 1. The summed E-state index contributed by atoms with van der Waals surface area (Å²) < 4.78 is 25.6. The maximum Gasteiger partial charge on any atom is 0.275 e. The van der Waals surface area contributed by atoms with Crippen LogP contribution in [0.15, 0.2) is 24.4 Å². The molecule has 2 heterocycles. The van der Waals surface area contributed by atoms with Gasteiger partial charge in [0.15, 0.2) is 11.6 Å². The van der Waals surface area contributed by atoms with Gasteiger partial charge >= 0.3 is 0 Å². The minimum atomic E-state index is -0.534. The second kappa shape index (κ2) is 5.53. The third-order valence-corrected chi connectivity index (χ3v) is 3.21. The fraction of sp³-hybridized carbons (Fsp3) is 0.286. The summed E-state index contributed by atoms with van der Waals surface area (Å²) in [6.45, 7) is 1.67. The maximum absolute atomic E-state index is 13.6. The number of fused-ring (bicyclic) bond motifs is 1. The van der Waals surface area contributed by atoms with E-state index in [1.165, 1.54) is 19.2 Å². The van der Waals surface area contributed by atoms with Crippen LogP contribution in [-0.2, 0) is 17.9 Å². The second-order valence-electron chi connectivity index (χ2n) is 4.59. The Bertz CT molecular complexity index is 661. The zero-order valence-electron chi connectivity index (χ0n) is 11.4. The molecular weight excluding hydrogens is 277 g/mol. The van der Waals surface area contributed by atoms with Crippen LogP contribution in [0.1, 0.15) is 16.3 Å². The smallest absolute Gasteiger partial charge is 0.275 e. The molecule has 1 aliphatic heterocycles. The Morgan fingerprint density at radius 3 is 3.10 bits per heavy atom. The van der Waals surface area contributed by atoms with Gasteiger partial charge in [-0.1, -0.05) is 0 Å². The number of aromatic nitrogens is 2. The molecule has 0 bridgehead atoms. The van der Waals surface area contributed by atoms with Gasteiger partial charge in [0.05, 0.1) is 13.7 Å². The number of ether oxygens (including phenoxy) is 2. The molecule has 1 amide bonds. The summed E-state index contributed by atoms with van der Waals surface area (Å²) in [5.74, 6) is -0.0794. The maximum atomic E-state index is 13.6. The molecule has 1 aliphatic rings. The van der Waals surface area contributed by atoms with Crippen LogP contribution in [0.2, 0.25) is 0 Å². The van der Waals surface area contributed by atoms with Crippen molar-refractivity contribution in [3.63, 3.8) is 0 Å². The number of nitrogens with one attached hydrogen (secondary N) is 1. The summed E-state index contributed by atoms with van der Waals surface area (Å²) in [4.78, 5) is 16.3. The zero-order valence-corrected chi connectivity index (χ0v) is 11.4. The summed E-state index contributed by atoms with van der Waals surface area (Å²) in [5, 5.41) is 2.61. The van der Waals surface area contributed by atoms with E-state index in [-0.39, 0.29) is 17.4 Å². The van der Waals surface area contributed by atoms with Crippen LogP contribution in [0.5, 0.6) is 5.75 Å². The van der Waals surface area contributed by atoms with Crippen LogP contribution in [0.25, 0.3) is 0 Å². The highest BCUT2D eigenvalue weighted by Crippen LogP contribution is 2.21. The second-order valence-corrected chi connectivity index (χ2v) is 4.59. The summed E-state index contributed by atoms with van der Waals surface area (Å²) >= 11 is 0. The lowest BCUT2D eigenvalue weighted by atomic mass is 10.3. The Morgan fingerprint density at radius 2 is 2.38 bits per heavy atom. The number of carbonyl (C=O) groups is 1. The summed E-state index contributed by atoms with van der Waals surface area (Å²) in [6, 6.07) is 4.23. The van der Waals surface area contributed by atoms with Gasteiger partial charge in [-0.3, -0.25) is 4.79 Å². The molecule has 7 heteroatoms. The number of hydrogen-bond donors (Lipinski definition) is 1. The molecule has 1 aromatic heterocycles. The predicted molar refractivity (Wildman–Crippen MR) is 72.8 cm³/mol. The molecule has 3 rings (SSSR count). The fourth-order valence-corrected chi connectivity index (χ4v) is 2.14. The van der Waals surface area contributed by atoms with Gasteiger partial charge in [-0.25, -0.2) is 9.37 Å². The van der Waals surface area contributed by atoms with Crippen LogP contribution in [-0.4, -0.2) is 29.2 Å². The van der Waals surface area contributed by atoms with Gasteiger partial charge in [0.1, 0.15) is 18.1 Å². The monoisotopic (exact) mass is 291 g/mol. The van der Waals surface area contributed by atoms with Gasteiger partial charge in [-0.15, -0.1) is 0 Å². The standard InChI is InChI=1S/C14H14FN3O3/c1-20-12-3-2-9(6-10(12)15)16-14(19)11-7-18-4-5-21-8-13(18)17-11/h2-3,6-7H,4-5,8H2,1H3,(H,16,19). The quantitative estimate of drug-likeness (QED) is 0.936. The van der Waals surface area contributed by atoms with Crippen LogP contribution in [0, 0.1) is 5.82 Å². The minimum absolute atomic E-state index is 0.127. The molecule has 0 spiro atoms. The van der Waals surface area contributed by atoms with Crippen molar-refractivity contribution in [1.29, 1.82) is 0 Å². The van der Waals surface area contributed by atoms with Crippen molar-refractivity contribution < 1.29 is 18.7 Å². The van der Waals surface area contributed by atoms with Crippen LogP contribution >= 0.6 is 0 Å². The lowest BCUT2D eigenvalue weighted by Gasteiger charge is -2.13. The lowest BCUT2D eigenvalue weighted by Crippen LogP contribution is -2.15. The Balaban J connectivity index is 1.77. The highest BCUT2D eigenvalue weighted by molar-refractivity contribution is 6.02. The number of nitrogens with zero attached hydrogens (tertiary/aromatic N) is 2. The van der Waals surface area contributed by atoms with E-state index in [9.17, 15) is 9.18 Å². The van der Waals surface area contributed by atoms with Gasteiger partial charge in [0.25, 0.3) is 5.91 Å². The average Bonchev–Trinajstić information content (AvgIpc) is 2.91. The molecule has 2 aromatic rings. The van der Waals surface area contributed by atoms with Gasteiger partial charge < -0.3 is 19.4 Å². The van der Waals surface area contributed by atoms with Gasteiger partial charge in [-0.2, -0.15) is 0 Å². The number of carbonyl (C=O) groups excluding carboxylic acids is 1. The van der Waals surface area contributed by atoms with E-state index in [1.54, 1.807) is 12.3 Å². The van der Waals surface area contributed by atoms with E-state index >= 15 is 0 Å². The van der Waals surface area contributed by atoms with E-state index < -0.39 is 5.82 Å². The van der Waals surface area contributed by atoms with Crippen molar-refractivity contribution >= 4 is 11.6 Å². The number of methoxy groups -OCH3 is 1. The number of imidazole rings is 1. The summed E-state index contributed by atoms with van der Waals surface area (Å²) in [5.41, 5.74) is 0.632. The number of benzene rings is 1. The number of hydrogen-bond acceptors (Lipinski definition) is 4. The van der Waals surface area contributed by atoms with Crippen molar-refractivity contribution in [3.05, 3.63) is 41.7 Å². The third-order valence-electron chi connectivity index (χ3n) is 3.21. The molecule has 0 aliphatic carbocycles. The topological polar surface area (TPSA) is 65.4 Å². The van der Waals surface area contributed by atoms with Crippen molar-refractivity contribution in [1.82, 2.24) is 9.55 Å². The molecule has 21 heavy (non-hydrogen) atoms. The minimum Gasteiger partial charge on any atom is -0.494 e. The van der Waals surface area contributed by atoms with Gasteiger partial charge in [-0.05, 0) is 12.1 Å². The Kier molecular flexibility index (Phi) is 3.57. The largest absolute Gasteiger partial charge is 0.494 e. The lowest BCUT2D eigenvalue weighted by molar-refractivity contribution is 0.0816. The zero-order chi connectivity index (χ0) is 14.8. The molecule has 0 unspecified atom stereocenters. The first-order valence-electron chi connectivity index (χ1n) is 6.46. The first-order valence-corrected chi connectivity index (χ1v) is 6.46. The number of halogens is 1. The first kappa shape index (κ1) is 13.6. The molecule has 0 saturated carbocycles. The van der Waals surface area contributed by atoms with Gasteiger partial charge in [0, 0.05) is 24.5 Å². The highest BCUT2D eigenvalue weighted by atomic mass is 19.1. The molecule has 110 valence electrons. The van der Waals surface area contributed by atoms with Crippen LogP contribution in [0.3, 0.4) is 0 Å².